The molecule has 7 nitrogen and oxygen atoms in total. The first kappa shape index (κ1) is 23.2. The highest BCUT2D eigenvalue weighted by Crippen LogP contribution is 2.35. The van der Waals surface area contributed by atoms with Crippen LogP contribution < -0.4 is 10.9 Å². The minimum atomic E-state index is -4.72. The summed E-state index contributed by atoms with van der Waals surface area (Å²) in [6.45, 7) is 1.65. The van der Waals surface area contributed by atoms with Crippen LogP contribution in [0.25, 0.3) is 16.5 Å². The van der Waals surface area contributed by atoms with Crippen molar-refractivity contribution in [2.75, 3.05) is 5.32 Å². The Hall–Kier alpha value is -3.99. The molecule has 0 bridgehead atoms. The Morgan fingerprint density at radius 3 is 2.47 bits per heavy atom. The molecule has 1 atom stereocenters. The van der Waals surface area contributed by atoms with E-state index >= 15 is 0 Å². The van der Waals surface area contributed by atoms with E-state index in [9.17, 15) is 28.1 Å². The minimum Gasteiger partial charge on any atom is -0.371 e. The van der Waals surface area contributed by atoms with Crippen LogP contribution in [-0.4, -0.2) is 14.5 Å². The topological polar surface area (TPSA) is 93.0 Å². The highest BCUT2D eigenvalue weighted by atomic mass is 32.1. The number of aromatic nitrogens is 2. The molecule has 0 aliphatic carbocycles. The van der Waals surface area contributed by atoms with Crippen LogP contribution in [0.4, 0.5) is 24.5 Å². The molecule has 0 fully saturated rings. The lowest BCUT2D eigenvalue weighted by Gasteiger charge is -2.22. The lowest BCUT2D eigenvalue weighted by atomic mass is 10.0. The molecule has 0 saturated carbocycles. The van der Waals surface area contributed by atoms with Gasteiger partial charge in [-0.05, 0) is 42.6 Å². The molecule has 2 aromatic carbocycles. The van der Waals surface area contributed by atoms with Gasteiger partial charge in [0.25, 0.3) is 5.56 Å². The molecule has 2 aromatic heterocycles. The molecule has 1 unspecified atom stereocenters. The van der Waals surface area contributed by atoms with E-state index < -0.39 is 33.7 Å². The number of nitrogens with zero attached hydrogens (tertiary/aromatic N) is 2. The number of rotatable bonds is 5. The Bertz CT molecular complexity index is 1510. The summed E-state index contributed by atoms with van der Waals surface area (Å²) >= 11 is 5.02. The third-order valence-corrected chi connectivity index (χ3v) is 5.64. The lowest BCUT2D eigenvalue weighted by molar-refractivity contribution is -0.384. The number of aromatic amines is 1. The van der Waals surface area contributed by atoms with Crippen LogP contribution in [0.1, 0.15) is 24.2 Å². The second-order valence-corrected chi connectivity index (χ2v) is 7.91. The van der Waals surface area contributed by atoms with Gasteiger partial charge >= 0.3 is 11.9 Å². The summed E-state index contributed by atoms with van der Waals surface area (Å²) in [5, 5.41) is 14.2. The Morgan fingerprint density at radius 1 is 1.12 bits per heavy atom. The number of pyridine rings is 2. The molecule has 34 heavy (non-hydrogen) atoms. The molecule has 174 valence electrons. The van der Waals surface area contributed by atoms with Gasteiger partial charge < -0.3 is 10.3 Å². The third kappa shape index (κ3) is 4.17. The summed E-state index contributed by atoms with van der Waals surface area (Å²) in [6.07, 6.45) is -3.29. The maximum absolute atomic E-state index is 13.7. The van der Waals surface area contributed by atoms with Crippen molar-refractivity contribution in [3.05, 3.63) is 103 Å². The summed E-state index contributed by atoms with van der Waals surface area (Å²) in [5.41, 5.74) is -1.45. The van der Waals surface area contributed by atoms with Crippen LogP contribution in [-0.2, 0) is 6.18 Å². The van der Waals surface area contributed by atoms with Gasteiger partial charge in [-0.2, -0.15) is 13.2 Å². The van der Waals surface area contributed by atoms with E-state index in [1.165, 1.54) is 35.0 Å². The predicted molar refractivity (Wildman–Crippen MR) is 125 cm³/mol. The highest BCUT2D eigenvalue weighted by Gasteiger charge is 2.34. The molecule has 0 spiro atoms. The number of fused-ring (bicyclic) bond motifs is 1. The molecular formula is C23H17F3N4O3S. The number of nitro groups is 1. The molecule has 0 radical (unpaired) electrons. The van der Waals surface area contributed by atoms with Gasteiger partial charge in [-0.1, -0.05) is 42.5 Å². The van der Waals surface area contributed by atoms with Gasteiger partial charge in [0.1, 0.15) is 5.69 Å². The van der Waals surface area contributed by atoms with E-state index in [2.05, 4.69) is 10.3 Å². The van der Waals surface area contributed by atoms with Crippen LogP contribution in [0, 0.1) is 14.8 Å². The SMILES string of the molecule is CC(Nc1cc[nH]c(=S)c1[N+](=O)[O-])c1cc2cccc(C(F)(F)F)c2c(=O)n1-c1ccccc1. The average Bonchev–Trinajstić information content (AvgIpc) is 2.78. The lowest BCUT2D eigenvalue weighted by Crippen LogP contribution is -2.27. The zero-order valence-corrected chi connectivity index (χ0v) is 18.4. The first-order chi connectivity index (χ1) is 16.1. The highest BCUT2D eigenvalue weighted by molar-refractivity contribution is 7.71. The molecule has 4 rings (SSSR count). The molecule has 0 aliphatic heterocycles. The van der Waals surface area contributed by atoms with E-state index in [1.54, 1.807) is 37.3 Å². The van der Waals surface area contributed by atoms with E-state index in [4.69, 9.17) is 12.2 Å². The first-order valence-electron chi connectivity index (χ1n) is 10.0. The molecule has 0 amide bonds. The van der Waals surface area contributed by atoms with Crippen molar-refractivity contribution in [2.24, 2.45) is 0 Å². The van der Waals surface area contributed by atoms with Crippen LogP contribution in [0.5, 0.6) is 0 Å². The molecule has 0 aliphatic rings. The molecule has 4 aromatic rings. The van der Waals surface area contributed by atoms with Crippen LogP contribution in [0.2, 0.25) is 0 Å². The maximum atomic E-state index is 13.7. The first-order valence-corrected chi connectivity index (χ1v) is 10.4. The molecule has 0 saturated heterocycles. The summed E-state index contributed by atoms with van der Waals surface area (Å²) in [5.74, 6) is 0. The number of nitrogens with one attached hydrogen (secondary N) is 2. The zero-order chi connectivity index (χ0) is 24.6. The van der Waals surface area contributed by atoms with Crippen molar-refractivity contribution in [1.29, 1.82) is 0 Å². The normalized spacial score (nSPS) is 12.5. The van der Waals surface area contributed by atoms with Crippen LogP contribution in [0.3, 0.4) is 0 Å². The van der Waals surface area contributed by atoms with E-state index in [0.717, 1.165) is 6.07 Å². The molecule has 2 heterocycles. The number of para-hydroxylation sites is 1. The minimum absolute atomic E-state index is 0.0871. The second-order valence-electron chi connectivity index (χ2n) is 7.51. The predicted octanol–water partition coefficient (Wildman–Crippen LogP) is 6.15. The number of halogens is 3. The fraction of sp³-hybridized carbons (Fsp3) is 0.130. The van der Waals surface area contributed by atoms with Crippen molar-refractivity contribution in [3.63, 3.8) is 0 Å². The number of H-pyrrole nitrogens is 1. The van der Waals surface area contributed by atoms with Crippen LogP contribution >= 0.6 is 12.2 Å². The van der Waals surface area contributed by atoms with Gasteiger partial charge in [0.2, 0.25) is 0 Å². The van der Waals surface area contributed by atoms with Crippen LogP contribution in [0.15, 0.2) is 71.7 Å². The van der Waals surface area contributed by atoms with Gasteiger partial charge in [-0.3, -0.25) is 19.5 Å². The second kappa shape index (κ2) is 8.75. The van der Waals surface area contributed by atoms with Crippen molar-refractivity contribution < 1.29 is 18.1 Å². The summed E-state index contributed by atoms with van der Waals surface area (Å²) in [6, 6.07) is 14.0. The van der Waals surface area contributed by atoms with E-state index in [1.807, 2.05) is 0 Å². The van der Waals surface area contributed by atoms with Gasteiger partial charge in [0, 0.05) is 17.6 Å². The van der Waals surface area contributed by atoms with Crippen molar-refractivity contribution in [3.8, 4) is 5.69 Å². The molecule has 2 N–H and O–H groups in total. The largest absolute Gasteiger partial charge is 0.417 e. The van der Waals surface area contributed by atoms with Gasteiger partial charge in [0.15, 0.2) is 4.64 Å². The Kier molecular flexibility index (Phi) is 5.96. The number of benzene rings is 2. The standard InChI is InChI=1S/C23H17F3N4O3S/c1-13(28-17-10-11-27-21(34)20(17)30(32)33)18-12-14-6-5-9-16(23(24,25)26)19(14)22(31)29(18)15-7-3-2-4-8-15/h2-13H,1H3,(H2,27,28,34). The quantitative estimate of drug-likeness (QED) is 0.201. The van der Waals surface area contributed by atoms with E-state index in [-0.39, 0.29) is 21.4 Å². The molecular weight excluding hydrogens is 469 g/mol. The number of anilines is 1. The summed E-state index contributed by atoms with van der Waals surface area (Å²) in [7, 11) is 0. The zero-order valence-electron chi connectivity index (χ0n) is 17.6. The Morgan fingerprint density at radius 2 is 1.82 bits per heavy atom. The fourth-order valence-corrected chi connectivity index (χ4v) is 4.11. The molecule has 11 heteroatoms. The van der Waals surface area contributed by atoms with Gasteiger partial charge in [-0.25, -0.2) is 0 Å². The number of hydrogen-bond acceptors (Lipinski definition) is 5. The number of hydrogen-bond donors (Lipinski definition) is 2. The monoisotopic (exact) mass is 486 g/mol. The Balaban J connectivity index is 1.98. The number of alkyl halides is 3. The average molecular weight is 486 g/mol. The maximum Gasteiger partial charge on any atom is 0.417 e. The van der Waals surface area contributed by atoms with Crippen molar-refractivity contribution in [1.82, 2.24) is 9.55 Å². The fourth-order valence-electron chi connectivity index (χ4n) is 3.86. The van der Waals surface area contributed by atoms with Crippen molar-refractivity contribution in [2.45, 2.75) is 19.1 Å². The van der Waals surface area contributed by atoms with Gasteiger partial charge in [0.05, 0.1) is 21.9 Å². The third-order valence-electron chi connectivity index (χ3n) is 5.33. The van der Waals surface area contributed by atoms with E-state index in [0.29, 0.717) is 11.4 Å². The summed E-state index contributed by atoms with van der Waals surface area (Å²) in [4.78, 5) is 27.0. The van der Waals surface area contributed by atoms with Crippen molar-refractivity contribution >= 4 is 34.4 Å². The smallest absolute Gasteiger partial charge is 0.371 e. The van der Waals surface area contributed by atoms with Gasteiger partial charge in [-0.15, -0.1) is 0 Å². The Labute approximate surface area is 195 Å². The summed E-state index contributed by atoms with van der Waals surface area (Å²) < 4.78 is 42.2.